The van der Waals surface area contributed by atoms with Gasteiger partial charge in [0.1, 0.15) is 5.75 Å². The molecule has 9 heteroatoms. The highest BCUT2D eigenvalue weighted by molar-refractivity contribution is 14.0. The Morgan fingerprint density at radius 2 is 1.81 bits per heavy atom. The number of rotatable bonds is 8. The van der Waals surface area contributed by atoms with Gasteiger partial charge in [0.2, 0.25) is 0 Å². The SMILES string of the molecule is CCNC(=NCc1ccc(C(=O)N(C)C)cc1)NCc1cc(C)ccc1OC(F)F.I. The standard InChI is InChI=1S/C22H28F2N4O2.HI/c1-5-25-22(26-13-16-7-9-17(10-8-16)20(29)28(3)4)27-14-18-12-15(2)6-11-19(18)30-21(23)24;/h6-12,21H,5,13-14H2,1-4H3,(H2,25,26,27);1H. The molecule has 0 aliphatic carbocycles. The minimum Gasteiger partial charge on any atom is -0.434 e. The van der Waals surface area contributed by atoms with Crippen molar-refractivity contribution in [3.05, 3.63) is 64.7 Å². The average molecular weight is 546 g/mol. The van der Waals surface area contributed by atoms with Gasteiger partial charge in [-0.25, -0.2) is 4.99 Å². The first-order valence-electron chi connectivity index (χ1n) is 9.67. The summed E-state index contributed by atoms with van der Waals surface area (Å²) < 4.78 is 29.9. The van der Waals surface area contributed by atoms with E-state index in [0.29, 0.717) is 30.2 Å². The maximum absolute atomic E-state index is 12.6. The number of aliphatic imine (C=N–C) groups is 1. The molecule has 2 aromatic carbocycles. The Balaban J connectivity index is 0.00000480. The van der Waals surface area contributed by atoms with Gasteiger partial charge < -0.3 is 20.3 Å². The molecule has 0 atom stereocenters. The second-order valence-corrected chi connectivity index (χ2v) is 6.93. The van der Waals surface area contributed by atoms with Crippen molar-refractivity contribution in [3.63, 3.8) is 0 Å². The maximum Gasteiger partial charge on any atom is 0.387 e. The molecule has 0 aromatic heterocycles. The van der Waals surface area contributed by atoms with Crippen LogP contribution in [0.1, 0.15) is 34.0 Å². The van der Waals surface area contributed by atoms with Crippen molar-refractivity contribution in [3.8, 4) is 5.75 Å². The number of amides is 1. The fraction of sp³-hybridized carbons (Fsp3) is 0.364. The zero-order valence-electron chi connectivity index (χ0n) is 18.1. The van der Waals surface area contributed by atoms with Gasteiger partial charge in [-0.2, -0.15) is 8.78 Å². The third kappa shape index (κ3) is 8.68. The molecule has 2 rings (SSSR count). The molecule has 0 aliphatic rings. The van der Waals surface area contributed by atoms with Crippen molar-refractivity contribution in [1.82, 2.24) is 15.5 Å². The average Bonchev–Trinajstić information content (AvgIpc) is 2.71. The van der Waals surface area contributed by atoms with Crippen LogP contribution in [0.2, 0.25) is 0 Å². The number of hydrogen-bond acceptors (Lipinski definition) is 3. The summed E-state index contributed by atoms with van der Waals surface area (Å²) in [7, 11) is 3.42. The molecule has 6 nitrogen and oxygen atoms in total. The fourth-order valence-corrected chi connectivity index (χ4v) is 2.76. The predicted octanol–water partition coefficient (Wildman–Crippen LogP) is 4.17. The topological polar surface area (TPSA) is 66.0 Å². The summed E-state index contributed by atoms with van der Waals surface area (Å²) in [6.45, 7) is 2.29. The van der Waals surface area contributed by atoms with Crippen LogP contribution in [-0.2, 0) is 13.1 Å². The van der Waals surface area contributed by atoms with E-state index in [1.54, 1.807) is 44.4 Å². The molecule has 0 aliphatic heterocycles. The van der Waals surface area contributed by atoms with Crippen molar-refractivity contribution in [2.75, 3.05) is 20.6 Å². The first-order chi connectivity index (χ1) is 14.3. The molecule has 0 spiro atoms. The molecule has 0 unspecified atom stereocenters. The summed E-state index contributed by atoms with van der Waals surface area (Å²) in [6.07, 6.45) is 0. The van der Waals surface area contributed by atoms with Crippen molar-refractivity contribution >= 4 is 35.8 Å². The molecular weight excluding hydrogens is 517 g/mol. The lowest BCUT2D eigenvalue weighted by molar-refractivity contribution is -0.0504. The number of ether oxygens (including phenoxy) is 1. The second kappa shape index (κ2) is 13.1. The zero-order chi connectivity index (χ0) is 22.1. The van der Waals surface area contributed by atoms with Gasteiger partial charge in [0, 0.05) is 38.3 Å². The number of guanidine groups is 1. The van der Waals surface area contributed by atoms with E-state index in [4.69, 9.17) is 0 Å². The minimum atomic E-state index is -2.88. The van der Waals surface area contributed by atoms with Gasteiger partial charge in [0.15, 0.2) is 5.96 Å². The van der Waals surface area contributed by atoms with Crippen LogP contribution in [0.25, 0.3) is 0 Å². The molecule has 0 fully saturated rings. The summed E-state index contributed by atoms with van der Waals surface area (Å²) >= 11 is 0. The Hall–Kier alpha value is -2.43. The van der Waals surface area contributed by atoms with Crippen LogP contribution in [-0.4, -0.2) is 44.0 Å². The van der Waals surface area contributed by atoms with Crippen LogP contribution in [0.4, 0.5) is 8.78 Å². The Kier molecular flexibility index (Phi) is 11.2. The largest absolute Gasteiger partial charge is 0.434 e. The van der Waals surface area contributed by atoms with Gasteiger partial charge in [-0.3, -0.25) is 4.79 Å². The van der Waals surface area contributed by atoms with E-state index >= 15 is 0 Å². The van der Waals surface area contributed by atoms with E-state index in [-0.39, 0.29) is 42.2 Å². The lowest BCUT2D eigenvalue weighted by Crippen LogP contribution is -2.36. The number of carbonyl (C=O) groups is 1. The normalized spacial score (nSPS) is 11.0. The number of nitrogens with zero attached hydrogens (tertiary/aromatic N) is 2. The summed E-state index contributed by atoms with van der Waals surface area (Å²) in [4.78, 5) is 18.0. The first kappa shape index (κ1) is 26.6. The highest BCUT2D eigenvalue weighted by Gasteiger charge is 2.11. The fourth-order valence-electron chi connectivity index (χ4n) is 2.76. The third-order valence-corrected chi connectivity index (χ3v) is 4.25. The summed E-state index contributed by atoms with van der Waals surface area (Å²) in [5, 5.41) is 6.28. The number of hydrogen-bond donors (Lipinski definition) is 2. The lowest BCUT2D eigenvalue weighted by atomic mass is 10.1. The lowest BCUT2D eigenvalue weighted by Gasteiger charge is -2.15. The van der Waals surface area contributed by atoms with E-state index in [0.717, 1.165) is 11.1 Å². The molecule has 31 heavy (non-hydrogen) atoms. The van der Waals surface area contributed by atoms with E-state index in [1.165, 1.54) is 4.90 Å². The predicted molar refractivity (Wildman–Crippen MR) is 129 cm³/mol. The molecule has 0 saturated heterocycles. The third-order valence-electron chi connectivity index (χ3n) is 4.25. The molecule has 2 aromatic rings. The summed E-state index contributed by atoms with van der Waals surface area (Å²) in [5.74, 6) is 0.635. The molecule has 0 heterocycles. The Labute approximate surface area is 199 Å². The van der Waals surface area contributed by atoms with Gasteiger partial charge in [-0.05, 0) is 37.6 Å². The Bertz CT molecular complexity index is 874. The monoisotopic (exact) mass is 546 g/mol. The van der Waals surface area contributed by atoms with Crippen LogP contribution < -0.4 is 15.4 Å². The van der Waals surface area contributed by atoms with Crippen molar-refractivity contribution in [2.45, 2.75) is 33.5 Å². The molecule has 0 radical (unpaired) electrons. The van der Waals surface area contributed by atoms with Crippen LogP contribution in [0.3, 0.4) is 0 Å². The van der Waals surface area contributed by atoms with Crippen LogP contribution in [0.15, 0.2) is 47.5 Å². The zero-order valence-corrected chi connectivity index (χ0v) is 20.4. The number of alkyl halides is 2. The van der Waals surface area contributed by atoms with Gasteiger partial charge in [0.25, 0.3) is 5.91 Å². The van der Waals surface area contributed by atoms with E-state index in [9.17, 15) is 13.6 Å². The number of aryl methyl sites for hydroxylation is 1. The van der Waals surface area contributed by atoms with E-state index < -0.39 is 6.61 Å². The molecule has 1 amide bonds. The van der Waals surface area contributed by atoms with Crippen LogP contribution in [0, 0.1) is 6.92 Å². The highest BCUT2D eigenvalue weighted by Crippen LogP contribution is 2.22. The van der Waals surface area contributed by atoms with Gasteiger partial charge in [-0.1, -0.05) is 29.8 Å². The second-order valence-electron chi connectivity index (χ2n) is 6.93. The minimum absolute atomic E-state index is 0. The molecule has 170 valence electrons. The smallest absolute Gasteiger partial charge is 0.387 e. The highest BCUT2D eigenvalue weighted by atomic mass is 127. The van der Waals surface area contributed by atoms with Crippen molar-refractivity contribution < 1.29 is 18.3 Å². The molecule has 0 saturated carbocycles. The van der Waals surface area contributed by atoms with Crippen LogP contribution in [0.5, 0.6) is 5.75 Å². The number of benzene rings is 2. The van der Waals surface area contributed by atoms with E-state index in [2.05, 4.69) is 20.4 Å². The summed E-state index contributed by atoms with van der Waals surface area (Å²) in [5.41, 5.74) is 3.12. The number of halogens is 3. The number of nitrogens with one attached hydrogen (secondary N) is 2. The maximum atomic E-state index is 12.6. The quantitative estimate of drug-likeness (QED) is 0.297. The Morgan fingerprint density at radius 1 is 1.13 bits per heavy atom. The van der Waals surface area contributed by atoms with Gasteiger partial charge in [-0.15, -0.1) is 24.0 Å². The van der Waals surface area contributed by atoms with Gasteiger partial charge >= 0.3 is 6.61 Å². The van der Waals surface area contributed by atoms with Crippen molar-refractivity contribution in [2.24, 2.45) is 4.99 Å². The Morgan fingerprint density at radius 3 is 2.39 bits per heavy atom. The summed E-state index contributed by atoms with van der Waals surface area (Å²) in [6, 6.07) is 12.3. The van der Waals surface area contributed by atoms with E-state index in [1.807, 2.05) is 26.0 Å². The molecule has 0 bridgehead atoms. The van der Waals surface area contributed by atoms with Crippen molar-refractivity contribution in [1.29, 1.82) is 0 Å². The number of carbonyl (C=O) groups excluding carboxylic acids is 1. The molecular formula is C22H29F2IN4O2. The van der Waals surface area contributed by atoms with Crippen LogP contribution >= 0.6 is 24.0 Å². The first-order valence-corrected chi connectivity index (χ1v) is 9.67. The molecule has 2 N–H and O–H groups in total. The van der Waals surface area contributed by atoms with Gasteiger partial charge in [0.05, 0.1) is 6.54 Å².